The van der Waals surface area contributed by atoms with Crippen molar-refractivity contribution < 1.29 is 19.7 Å². The number of phenols is 1. The van der Waals surface area contributed by atoms with Gasteiger partial charge in [0.1, 0.15) is 17.3 Å². The topological polar surface area (TPSA) is 70.0 Å². The zero-order chi connectivity index (χ0) is 21.5. The lowest BCUT2D eigenvalue weighted by Gasteiger charge is -2.51. The molecule has 5 nitrogen and oxygen atoms in total. The van der Waals surface area contributed by atoms with Crippen molar-refractivity contribution >= 4 is 5.78 Å². The number of piperidine rings is 2. The minimum absolute atomic E-state index is 0.0427. The van der Waals surface area contributed by atoms with Gasteiger partial charge in [0, 0.05) is 42.1 Å². The highest BCUT2D eigenvalue weighted by atomic mass is 16.5. The van der Waals surface area contributed by atoms with Crippen molar-refractivity contribution in [2.75, 3.05) is 7.11 Å². The second kappa shape index (κ2) is 8.29. The fourth-order valence-corrected chi connectivity index (χ4v) is 5.99. The maximum absolute atomic E-state index is 12.9. The van der Waals surface area contributed by atoms with Gasteiger partial charge in [0.25, 0.3) is 0 Å². The number of ketones is 1. The minimum atomic E-state index is -0.341. The van der Waals surface area contributed by atoms with Crippen LogP contribution < -0.4 is 4.74 Å². The van der Waals surface area contributed by atoms with Crippen molar-refractivity contribution in [3.8, 4) is 22.6 Å². The van der Waals surface area contributed by atoms with Gasteiger partial charge in [-0.3, -0.25) is 9.69 Å². The molecule has 3 aliphatic rings. The Hall–Kier alpha value is -2.37. The third-order valence-electron chi connectivity index (χ3n) is 7.43. The molecule has 2 fully saturated rings. The second-order valence-electron chi connectivity index (χ2n) is 9.38. The molecule has 0 spiro atoms. The Kier molecular flexibility index (Phi) is 5.49. The number of rotatable bonds is 1. The van der Waals surface area contributed by atoms with E-state index in [1.807, 2.05) is 24.3 Å². The first kappa shape index (κ1) is 20.5. The summed E-state index contributed by atoms with van der Waals surface area (Å²) >= 11 is 0. The number of benzene rings is 2. The van der Waals surface area contributed by atoms with E-state index in [1.54, 1.807) is 13.2 Å². The largest absolute Gasteiger partial charge is 0.507 e. The average molecular weight is 422 g/mol. The summed E-state index contributed by atoms with van der Waals surface area (Å²) in [6.07, 6.45) is 6.09. The lowest BCUT2D eigenvalue weighted by atomic mass is 9.80. The molecule has 3 heterocycles. The van der Waals surface area contributed by atoms with Gasteiger partial charge in [0.2, 0.25) is 0 Å². The van der Waals surface area contributed by atoms with E-state index in [-0.39, 0.29) is 23.9 Å². The summed E-state index contributed by atoms with van der Waals surface area (Å²) in [7, 11) is 1.64. The molecule has 4 unspecified atom stereocenters. The maximum Gasteiger partial charge on any atom is 0.134 e. The predicted molar refractivity (Wildman–Crippen MR) is 119 cm³/mol. The van der Waals surface area contributed by atoms with Crippen molar-refractivity contribution in [1.29, 1.82) is 0 Å². The number of aryl methyl sites for hydroxylation is 1. The van der Waals surface area contributed by atoms with E-state index >= 15 is 0 Å². The molecule has 31 heavy (non-hydrogen) atoms. The van der Waals surface area contributed by atoms with E-state index in [1.165, 1.54) is 0 Å². The van der Waals surface area contributed by atoms with Crippen LogP contribution in [0.15, 0.2) is 36.4 Å². The monoisotopic (exact) mass is 421 g/mol. The van der Waals surface area contributed by atoms with Crippen LogP contribution in [0.25, 0.3) is 11.1 Å². The van der Waals surface area contributed by atoms with Gasteiger partial charge in [-0.15, -0.1) is 0 Å². The number of aromatic hydroxyl groups is 1. The van der Waals surface area contributed by atoms with E-state index in [0.29, 0.717) is 43.3 Å². The van der Waals surface area contributed by atoms with Gasteiger partial charge >= 0.3 is 0 Å². The van der Waals surface area contributed by atoms with Gasteiger partial charge in [-0.2, -0.15) is 0 Å². The van der Waals surface area contributed by atoms with Gasteiger partial charge in [0.05, 0.1) is 13.2 Å². The number of fused-ring (bicyclic) bond motifs is 6. The van der Waals surface area contributed by atoms with Gasteiger partial charge in [0.15, 0.2) is 0 Å². The third kappa shape index (κ3) is 3.85. The lowest BCUT2D eigenvalue weighted by Crippen LogP contribution is -2.54. The molecule has 3 aliphatic heterocycles. The quantitative estimate of drug-likeness (QED) is 0.715. The van der Waals surface area contributed by atoms with Crippen molar-refractivity contribution in [3.63, 3.8) is 0 Å². The fourth-order valence-electron chi connectivity index (χ4n) is 5.99. The van der Waals surface area contributed by atoms with Gasteiger partial charge in [-0.1, -0.05) is 18.6 Å². The first-order chi connectivity index (χ1) is 15.0. The smallest absolute Gasteiger partial charge is 0.134 e. The van der Waals surface area contributed by atoms with E-state index in [4.69, 9.17) is 4.74 Å². The zero-order valence-electron chi connectivity index (χ0n) is 18.1. The number of nitrogens with zero attached hydrogens (tertiary/aromatic N) is 1. The molecule has 5 rings (SSSR count). The summed E-state index contributed by atoms with van der Waals surface area (Å²) in [5.41, 5.74) is 3.74. The summed E-state index contributed by atoms with van der Waals surface area (Å²) in [6, 6.07) is 12.3. The van der Waals surface area contributed by atoms with Crippen LogP contribution in [0, 0.1) is 0 Å². The first-order valence-corrected chi connectivity index (χ1v) is 11.5. The van der Waals surface area contributed by atoms with Crippen LogP contribution in [-0.4, -0.2) is 46.2 Å². The Morgan fingerprint density at radius 2 is 1.84 bits per heavy atom. The van der Waals surface area contributed by atoms with Gasteiger partial charge in [-0.25, -0.2) is 0 Å². The normalized spacial score (nSPS) is 28.6. The number of aliphatic hydroxyl groups is 1. The number of hydrogen-bond acceptors (Lipinski definition) is 5. The highest BCUT2D eigenvalue weighted by Gasteiger charge is 2.42. The van der Waals surface area contributed by atoms with E-state index in [9.17, 15) is 15.0 Å². The van der Waals surface area contributed by atoms with Crippen LogP contribution in [-0.2, 0) is 11.2 Å². The van der Waals surface area contributed by atoms with Crippen molar-refractivity contribution in [2.24, 2.45) is 0 Å². The maximum atomic E-state index is 12.9. The Morgan fingerprint density at radius 1 is 1.00 bits per heavy atom. The molecule has 0 aromatic heterocycles. The van der Waals surface area contributed by atoms with Gasteiger partial charge < -0.3 is 14.9 Å². The van der Waals surface area contributed by atoms with Crippen LogP contribution in [0.3, 0.4) is 0 Å². The third-order valence-corrected chi connectivity index (χ3v) is 7.43. The number of hydrogen-bond donors (Lipinski definition) is 2. The minimum Gasteiger partial charge on any atom is -0.507 e. The van der Waals surface area contributed by atoms with Crippen molar-refractivity contribution in [2.45, 2.75) is 75.6 Å². The van der Waals surface area contributed by atoms with Crippen LogP contribution in [0.1, 0.15) is 62.1 Å². The second-order valence-corrected chi connectivity index (χ2v) is 9.38. The van der Waals surface area contributed by atoms with Gasteiger partial charge in [-0.05, 0) is 67.5 Å². The first-order valence-electron chi connectivity index (χ1n) is 11.5. The molecule has 2 N–H and O–H groups in total. The Morgan fingerprint density at radius 3 is 2.68 bits per heavy atom. The van der Waals surface area contributed by atoms with E-state index < -0.39 is 0 Å². The molecule has 2 aromatic rings. The van der Waals surface area contributed by atoms with Crippen LogP contribution in [0.5, 0.6) is 11.5 Å². The molecule has 0 saturated carbocycles. The molecular formula is C26H31NO4. The highest BCUT2D eigenvalue weighted by molar-refractivity contribution is 5.80. The number of carbonyl (C=O) groups excluding carboxylic acids is 1. The molecule has 0 aliphatic carbocycles. The van der Waals surface area contributed by atoms with Crippen molar-refractivity contribution in [3.05, 3.63) is 47.5 Å². The van der Waals surface area contributed by atoms with E-state index in [2.05, 4.69) is 11.0 Å². The SMILES string of the molecule is COc1ccc2cc1-c1cc(ccc1O)C1CC(O)CC3CCCC(CC(=O)CC2)N31. The van der Waals surface area contributed by atoms with E-state index in [0.717, 1.165) is 47.9 Å². The fraction of sp³-hybridized carbons (Fsp3) is 0.500. The van der Waals surface area contributed by atoms with Crippen molar-refractivity contribution in [1.82, 2.24) is 4.90 Å². The number of methoxy groups -OCH3 is 1. The molecule has 0 radical (unpaired) electrons. The molecule has 4 atom stereocenters. The van der Waals surface area contributed by atoms with Crippen LogP contribution in [0.4, 0.5) is 0 Å². The Labute approximate surface area is 183 Å². The summed E-state index contributed by atoms with van der Waals surface area (Å²) in [6.45, 7) is 0. The molecule has 2 saturated heterocycles. The molecule has 4 bridgehead atoms. The highest BCUT2D eigenvalue weighted by Crippen LogP contribution is 2.45. The molecular weight excluding hydrogens is 390 g/mol. The molecule has 164 valence electrons. The number of ether oxygens (including phenoxy) is 1. The Balaban J connectivity index is 1.67. The summed E-state index contributed by atoms with van der Waals surface area (Å²) < 4.78 is 5.60. The zero-order valence-corrected chi connectivity index (χ0v) is 18.1. The summed E-state index contributed by atoms with van der Waals surface area (Å²) in [4.78, 5) is 15.5. The summed E-state index contributed by atoms with van der Waals surface area (Å²) in [5, 5.41) is 21.4. The number of phenolic OH excluding ortho intramolecular Hbond substituents is 1. The predicted octanol–water partition coefficient (Wildman–Crippen LogP) is 4.39. The number of Topliss-reactive ketones (excluding diaryl/α,β-unsaturated/α-hetero) is 1. The Bertz CT molecular complexity index is 987. The summed E-state index contributed by atoms with van der Waals surface area (Å²) in [5.74, 6) is 1.23. The number of aliphatic hydroxyl groups excluding tert-OH is 1. The van der Waals surface area contributed by atoms with Crippen LogP contribution >= 0.6 is 0 Å². The molecule has 5 heteroatoms. The number of carbonyl (C=O) groups is 1. The van der Waals surface area contributed by atoms with Crippen LogP contribution in [0.2, 0.25) is 0 Å². The lowest BCUT2D eigenvalue weighted by molar-refractivity contribution is -0.122. The molecule has 2 aromatic carbocycles. The average Bonchev–Trinajstić information content (AvgIpc) is 2.77. The standard InChI is InChI=1S/C26H31NO4/c1-31-26-10-6-16-5-8-20(28)13-18-3-2-4-19-14-21(29)15-24(27(18)19)17-7-9-25(30)22(12-17)23(26)11-16/h6-7,9-12,18-19,21,24,29-30H,2-5,8,13-15H2,1H3. The molecule has 0 amide bonds.